The molecule has 4 nitrogen and oxygen atoms in total. The molecule has 3 rings (SSSR count). The predicted molar refractivity (Wildman–Crippen MR) is 90.3 cm³/mol. The van der Waals surface area contributed by atoms with Crippen LogP contribution in [0.15, 0.2) is 42.5 Å². The molecule has 0 N–H and O–H groups in total. The summed E-state index contributed by atoms with van der Waals surface area (Å²) >= 11 is 0. The topological polar surface area (TPSA) is 38.8 Å². The van der Waals surface area contributed by atoms with E-state index in [1.165, 1.54) is 11.1 Å². The van der Waals surface area contributed by atoms with E-state index in [0.29, 0.717) is 25.4 Å². The van der Waals surface area contributed by atoms with Crippen LogP contribution in [0.1, 0.15) is 17.5 Å². The lowest BCUT2D eigenvalue weighted by molar-refractivity contribution is -0.118. The van der Waals surface area contributed by atoms with Crippen molar-refractivity contribution in [1.82, 2.24) is 0 Å². The van der Waals surface area contributed by atoms with Gasteiger partial charge in [0.25, 0.3) is 0 Å². The van der Waals surface area contributed by atoms with Gasteiger partial charge in [0.15, 0.2) is 11.5 Å². The number of nitrogens with zero attached hydrogens (tertiary/aromatic N) is 1. The summed E-state index contributed by atoms with van der Waals surface area (Å²) in [5, 5.41) is 0. The zero-order valence-corrected chi connectivity index (χ0v) is 13.5. The van der Waals surface area contributed by atoms with Gasteiger partial charge in [-0.1, -0.05) is 29.8 Å². The number of hydrogen-bond donors (Lipinski definition) is 0. The maximum absolute atomic E-state index is 12.4. The Labute approximate surface area is 136 Å². The van der Waals surface area contributed by atoms with E-state index in [4.69, 9.17) is 9.47 Å². The van der Waals surface area contributed by atoms with Gasteiger partial charge in [0.2, 0.25) is 5.91 Å². The average Bonchev–Trinajstić information content (AvgIpc) is 2.60. The van der Waals surface area contributed by atoms with Crippen LogP contribution in [0.25, 0.3) is 0 Å². The van der Waals surface area contributed by atoms with E-state index in [2.05, 4.69) is 31.2 Å². The summed E-state index contributed by atoms with van der Waals surface area (Å²) in [6.07, 6.45) is 1.22. The van der Waals surface area contributed by atoms with Crippen molar-refractivity contribution in [3.8, 4) is 11.5 Å². The summed E-state index contributed by atoms with van der Waals surface area (Å²) in [4.78, 5) is 14.1. The number of carbonyl (C=O) groups excluding carboxylic acids is 1. The number of benzene rings is 2. The number of ether oxygens (including phenoxy) is 2. The predicted octanol–water partition coefficient (Wildman–Crippen LogP) is 3.36. The first-order valence-corrected chi connectivity index (χ1v) is 7.85. The van der Waals surface area contributed by atoms with Crippen LogP contribution in [0.3, 0.4) is 0 Å². The van der Waals surface area contributed by atoms with Crippen LogP contribution in [-0.2, 0) is 11.2 Å². The zero-order chi connectivity index (χ0) is 16.2. The number of carbonyl (C=O) groups is 1. The second-order valence-corrected chi connectivity index (χ2v) is 5.77. The summed E-state index contributed by atoms with van der Waals surface area (Å²) in [5.74, 6) is 1.52. The minimum absolute atomic E-state index is 0.0854. The standard InChI is InChI=1S/C19H21NO3/c1-14-3-5-15(6-4-14)7-10-19(21)20(2)16-8-9-17-18(13-16)23-12-11-22-17/h3-6,8-9,13H,7,10-12H2,1-2H3. The summed E-state index contributed by atoms with van der Waals surface area (Å²) < 4.78 is 11.1. The van der Waals surface area contributed by atoms with Crippen molar-refractivity contribution in [2.24, 2.45) is 0 Å². The van der Waals surface area contributed by atoms with Crippen LogP contribution in [0.2, 0.25) is 0 Å². The molecule has 1 amide bonds. The molecule has 0 atom stereocenters. The third-order valence-electron chi connectivity index (χ3n) is 4.04. The van der Waals surface area contributed by atoms with Gasteiger partial charge in [-0.15, -0.1) is 0 Å². The fraction of sp³-hybridized carbons (Fsp3) is 0.316. The molecule has 0 radical (unpaired) electrons. The van der Waals surface area contributed by atoms with Crippen molar-refractivity contribution in [2.75, 3.05) is 25.2 Å². The van der Waals surface area contributed by atoms with Crippen molar-refractivity contribution >= 4 is 11.6 Å². The lowest BCUT2D eigenvalue weighted by atomic mass is 10.1. The quantitative estimate of drug-likeness (QED) is 0.869. The Bertz CT molecular complexity index is 694. The molecular weight excluding hydrogens is 290 g/mol. The number of anilines is 1. The van der Waals surface area contributed by atoms with Crippen LogP contribution in [0.4, 0.5) is 5.69 Å². The van der Waals surface area contributed by atoms with E-state index in [1.807, 2.05) is 18.2 Å². The lowest BCUT2D eigenvalue weighted by Crippen LogP contribution is -2.26. The van der Waals surface area contributed by atoms with Gasteiger partial charge < -0.3 is 14.4 Å². The van der Waals surface area contributed by atoms with E-state index in [1.54, 1.807) is 11.9 Å². The minimum atomic E-state index is 0.0854. The number of hydrogen-bond acceptors (Lipinski definition) is 3. The smallest absolute Gasteiger partial charge is 0.227 e. The fourth-order valence-electron chi connectivity index (χ4n) is 2.56. The van der Waals surface area contributed by atoms with Gasteiger partial charge in [-0.25, -0.2) is 0 Å². The molecular formula is C19H21NO3. The van der Waals surface area contributed by atoms with Gasteiger partial charge in [-0.05, 0) is 31.0 Å². The first-order chi connectivity index (χ1) is 11.1. The molecule has 0 unspecified atom stereocenters. The largest absolute Gasteiger partial charge is 0.486 e. The summed E-state index contributed by atoms with van der Waals surface area (Å²) in [6, 6.07) is 13.9. The molecule has 0 aromatic heterocycles. The van der Waals surface area contributed by atoms with Gasteiger partial charge in [0, 0.05) is 25.2 Å². The average molecular weight is 311 g/mol. The van der Waals surface area contributed by atoms with Crippen molar-refractivity contribution in [3.63, 3.8) is 0 Å². The van der Waals surface area contributed by atoms with Crippen LogP contribution in [0.5, 0.6) is 11.5 Å². The normalized spacial score (nSPS) is 12.8. The first-order valence-electron chi connectivity index (χ1n) is 7.85. The minimum Gasteiger partial charge on any atom is -0.486 e. The van der Waals surface area contributed by atoms with Gasteiger partial charge >= 0.3 is 0 Å². The number of amides is 1. The number of fused-ring (bicyclic) bond motifs is 1. The van der Waals surface area contributed by atoms with Gasteiger partial charge in [-0.3, -0.25) is 4.79 Å². The molecule has 1 heterocycles. The molecule has 1 aliphatic rings. The molecule has 1 aliphatic heterocycles. The van der Waals surface area contributed by atoms with Crippen LogP contribution in [-0.4, -0.2) is 26.2 Å². The number of aryl methyl sites for hydroxylation is 2. The van der Waals surface area contributed by atoms with E-state index in [9.17, 15) is 4.79 Å². The molecule has 0 aliphatic carbocycles. The van der Waals surface area contributed by atoms with E-state index in [0.717, 1.165) is 17.9 Å². The van der Waals surface area contributed by atoms with Crippen molar-refractivity contribution in [2.45, 2.75) is 19.8 Å². The highest BCUT2D eigenvalue weighted by Gasteiger charge is 2.16. The van der Waals surface area contributed by atoms with E-state index < -0.39 is 0 Å². The molecule has 0 saturated heterocycles. The third kappa shape index (κ3) is 3.65. The summed E-state index contributed by atoms with van der Waals surface area (Å²) in [7, 11) is 1.79. The van der Waals surface area contributed by atoms with Crippen molar-refractivity contribution in [3.05, 3.63) is 53.6 Å². The van der Waals surface area contributed by atoms with E-state index >= 15 is 0 Å². The molecule has 0 fully saturated rings. The maximum atomic E-state index is 12.4. The summed E-state index contributed by atoms with van der Waals surface area (Å²) in [6.45, 7) is 3.17. The van der Waals surface area contributed by atoms with Crippen molar-refractivity contribution in [1.29, 1.82) is 0 Å². The Morgan fingerprint density at radius 1 is 1.04 bits per heavy atom. The highest BCUT2D eigenvalue weighted by atomic mass is 16.6. The Balaban J connectivity index is 1.64. The van der Waals surface area contributed by atoms with Gasteiger partial charge in [0.1, 0.15) is 13.2 Å². The number of rotatable bonds is 4. The SMILES string of the molecule is Cc1ccc(CCC(=O)N(C)c2ccc3c(c2)OCCO3)cc1. The molecule has 23 heavy (non-hydrogen) atoms. The molecule has 4 heteroatoms. The van der Waals surface area contributed by atoms with Gasteiger partial charge in [-0.2, -0.15) is 0 Å². The molecule has 2 aromatic carbocycles. The van der Waals surface area contributed by atoms with Crippen LogP contribution < -0.4 is 14.4 Å². The maximum Gasteiger partial charge on any atom is 0.227 e. The highest BCUT2D eigenvalue weighted by molar-refractivity contribution is 5.93. The Hall–Kier alpha value is -2.49. The van der Waals surface area contributed by atoms with Crippen LogP contribution in [0, 0.1) is 6.92 Å². The molecule has 120 valence electrons. The third-order valence-corrected chi connectivity index (χ3v) is 4.04. The van der Waals surface area contributed by atoms with Crippen molar-refractivity contribution < 1.29 is 14.3 Å². The molecule has 0 spiro atoms. The second kappa shape index (κ2) is 6.73. The highest BCUT2D eigenvalue weighted by Crippen LogP contribution is 2.33. The molecule has 0 saturated carbocycles. The Morgan fingerprint density at radius 3 is 2.48 bits per heavy atom. The van der Waals surface area contributed by atoms with Gasteiger partial charge in [0.05, 0.1) is 0 Å². The lowest BCUT2D eigenvalue weighted by Gasteiger charge is -2.22. The van der Waals surface area contributed by atoms with E-state index in [-0.39, 0.29) is 5.91 Å². The first kappa shape index (κ1) is 15.4. The zero-order valence-electron chi connectivity index (χ0n) is 13.5. The summed E-state index contributed by atoms with van der Waals surface area (Å²) in [5.41, 5.74) is 3.23. The molecule has 0 bridgehead atoms. The fourth-order valence-corrected chi connectivity index (χ4v) is 2.56. The Morgan fingerprint density at radius 2 is 1.74 bits per heavy atom. The Kier molecular flexibility index (Phi) is 4.51. The van der Waals surface area contributed by atoms with Crippen LogP contribution >= 0.6 is 0 Å². The monoisotopic (exact) mass is 311 g/mol. The second-order valence-electron chi connectivity index (χ2n) is 5.77. The molecule has 2 aromatic rings.